The summed E-state index contributed by atoms with van der Waals surface area (Å²) < 4.78 is 13.9. The van der Waals surface area contributed by atoms with Crippen molar-refractivity contribution in [3.8, 4) is 0 Å². The first-order chi connectivity index (χ1) is 10.0. The fraction of sp³-hybridized carbons (Fsp3) is 0.0667. The van der Waals surface area contributed by atoms with E-state index in [0.717, 1.165) is 16.6 Å². The Balaban J connectivity index is 1.90. The zero-order valence-electron chi connectivity index (χ0n) is 11.1. The predicted octanol–water partition coefficient (Wildman–Crippen LogP) is 4.03. The maximum Gasteiger partial charge on any atom is 0.255 e. The largest absolute Gasteiger partial charge is 0.345 e. The maximum absolute atomic E-state index is 13.6. The minimum atomic E-state index is -0.417. The lowest BCUT2D eigenvalue weighted by molar-refractivity contribution is 0.102. The zero-order valence-corrected chi connectivity index (χ0v) is 12.7. The quantitative estimate of drug-likeness (QED) is 0.735. The van der Waals surface area contributed by atoms with Crippen molar-refractivity contribution in [1.29, 1.82) is 0 Å². The van der Waals surface area contributed by atoms with Crippen LogP contribution >= 0.6 is 15.9 Å². The van der Waals surface area contributed by atoms with E-state index in [2.05, 4.69) is 31.2 Å². The lowest BCUT2D eigenvalue weighted by Crippen LogP contribution is -2.13. The number of aromatic nitrogens is 2. The minimum Gasteiger partial charge on any atom is -0.345 e. The third-order valence-electron chi connectivity index (χ3n) is 3.20. The van der Waals surface area contributed by atoms with Gasteiger partial charge >= 0.3 is 0 Å². The van der Waals surface area contributed by atoms with Gasteiger partial charge in [0.2, 0.25) is 0 Å². The Kier molecular flexibility index (Phi) is 3.47. The number of halogens is 2. The first-order valence-corrected chi connectivity index (χ1v) is 7.04. The molecule has 2 aromatic carbocycles. The summed E-state index contributed by atoms with van der Waals surface area (Å²) >= 11 is 3.12. The van der Waals surface area contributed by atoms with Gasteiger partial charge in [-0.25, -0.2) is 9.37 Å². The average Bonchev–Trinajstić information content (AvgIpc) is 2.92. The van der Waals surface area contributed by atoms with Crippen LogP contribution in [0.15, 0.2) is 41.1 Å². The van der Waals surface area contributed by atoms with Gasteiger partial charge in [-0.2, -0.15) is 0 Å². The minimum absolute atomic E-state index is 0.295. The van der Waals surface area contributed by atoms with E-state index in [4.69, 9.17) is 0 Å². The molecular weight excluding hydrogens is 337 g/mol. The number of carbonyl (C=O) groups excluding carboxylic acids is 1. The second kappa shape index (κ2) is 5.29. The molecule has 6 heteroatoms. The van der Waals surface area contributed by atoms with Gasteiger partial charge in [0.05, 0.1) is 21.8 Å². The zero-order chi connectivity index (χ0) is 15.0. The summed E-state index contributed by atoms with van der Waals surface area (Å²) in [7, 11) is 0. The monoisotopic (exact) mass is 347 g/mol. The van der Waals surface area contributed by atoms with Crippen LogP contribution < -0.4 is 5.32 Å². The van der Waals surface area contributed by atoms with E-state index in [-0.39, 0.29) is 5.91 Å². The van der Waals surface area contributed by atoms with Gasteiger partial charge in [0.1, 0.15) is 5.82 Å². The number of nitrogens with one attached hydrogen (secondary N) is 2. The molecule has 3 rings (SSSR count). The molecule has 106 valence electrons. The van der Waals surface area contributed by atoms with Gasteiger partial charge < -0.3 is 10.3 Å². The molecule has 1 aromatic heterocycles. The van der Waals surface area contributed by atoms with Crippen LogP contribution in [0.1, 0.15) is 15.9 Å². The van der Waals surface area contributed by atoms with Crippen LogP contribution in [0.5, 0.6) is 0 Å². The Labute approximate surface area is 128 Å². The number of rotatable bonds is 2. The fourth-order valence-electron chi connectivity index (χ4n) is 2.05. The summed E-state index contributed by atoms with van der Waals surface area (Å²) in [6.07, 6.45) is 1.57. The number of carbonyl (C=O) groups is 1. The topological polar surface area (TPSA) is 57.8 Å². The van der Waals surface area contributed by atoms with E-state index < -0.39 is 5.82 Å². The Bertz CT molecular complexity index is 844. The van der Waals surface area contributed by atoms with Gasteiger partial charge in [-0.3, -0.25) is 4.79 Å². The molecule has 0 fully saturated rings. The van der Waals surface area contributed by atoms with Crippen LogP contribution in [0.2, 0.25) is 0 Å². The molecule has 1 heterocycles. The summed E-state index contributed by atoms with van der Waals surface area (Å²) in [5, 5.41) is 2.72. The number of aryl methyl sites for hydroxylation is 1. The molecule has 21 heavy (non-hydrogen) atoms. The van der Waals surface area contributed by atoms with Crippen molar-refractivity contribution in [2.45, 2.75) is 6.92 Å². The van der Waals surface area contributed by atoms with Crippen LogP contribution in [0.3, 0.4) is 0 Å². The molecule has 0 bridgehead atoms. The SMILES string of the molecule is Cc1cc(Br)c(F)cc1NC(=O)c1ccc2nc[nH]c2c1. The highest BCUT2D eigenvalue weighted by Crippen LogP contribution is 2.24. The first-order valence-electron chi connectivity index (χ1n) is 6.25. The highest BCUT2D eigenvalue weighted by molar-refractivity contribution is 9.10. The van der Waals surface area contributed by atoms with Gasteiger partial charge in [-0.15, -0.1) is 0 Å². The molecule has 2 N–H and O–H groups in total. The van der Waals surface area contributed by atoms with Gasteiger partial charge in [0, 0.05) is 11.3 Å². The molecule has 0 aliphatic rings. The third-order valence-corrected chi connectivity index (χ3v) is 3.81. The average molecular weight is 348 g/mol. The van der Waals surface area contributed by atoms with Crippen molar-refractivity contribution in [1.82, 2.24) is 9.97 Å². The Hall–Kier alpha value is -2.21. The molecule has 1 amide bonds. The van der Waals surface area contributed by atoms with Crippen LogP contribution in [0.4, 0.5) is 10.1 Å². The van der Waals surface area contributed by atoms with E-state index in [1.54, 1.807) is 37.5 Å². The number of nitrogens with zero attached hydrogens (tertiary/aromatic N) is 1. The number of fused-ring (bicyclic) bond motifs is 1. The van der Waals surface area contributed by atoms with E-state index in [1.165, 1.54) is 6.07 Å². The maximum atomic E-state index is 13.6. The molecular formula is C15H11BrFN3O. The molecule has 0 aliphatic carbocycles. The highest BCUT2D eigenvalue weighted by Gasteiger charge is 2.11. The van der Waals surface area contributed by atoms with Gasteiger partial charge in [0.25, 0.3) is 5.91 Å². The van der Waals surface area contributed by atoms with Crippen LogP contribution in [-0.4, -0.2) is 15.9 Å². The molecule has 0 radical (unpaired) electrons. The van der Waals surface area contributed by atoms with Crippen molar-refractivity contribution in [3.63, 3.8) is 0 Å². The molecule has 0 unspecified atom stereocenters. The second-order valence-corrected chi connectivity index (χ2v) is 5.52. The van der Waals surface area contributed by atoms with Crippen molar-refractivity contribution < 1.29 is 9.18 Å². The van der Waals surface area contributed by atoms with E-state index >= 15 is 0 Å². The number of aromatic amines is 1. The van der Waals surface area contributed by atoms with Crippen molar-refractivity contribution in [3.05, 3.63) is 58.1 Å². The standard InChI is InChI=1S/C15H11BrFN3O/c1-8-4-10(16)11(17)6-13(8)20-15(21)9-2-3-12-14(5-9)19-7-18-12/h2-7H,1H3,(H,18,19)(H,20,21). The van der Waals surface area contributed by atoms with E-state index in [1.807, 2.05) is 0 Å². The summed E-state index contributed by atoms with van der Waals surface area (Å²) in [5.41, 5.74) is 3.28. The van der Waals surface area contributed by atoms with Crippen molar-refractivity contribution >= 4 is 38.6 Å². The Morgan fingerprint density at radius 2 is 2.14 bits per heavy atom. The van der Waals surface area contributed by atoms with Crippen molar-refractivity contribution in [2.75, 3.05) is 5.32 Å². The van der Waals surface area contributed by atoms with Crippen LogP contribution in [-0.2, 0) is 0 Å². The van der Waals surface area contributed by atoms with Gasteiger partial charge in [-0.05, 0) is 58.7 Å². The summed E-state index contributed by atoms with van der Waals surface area (Å²) in [6.45, 7) is 1.80. The normalized spacial score (nSPS) is 10.8. The fourth-order valence-corrected chi connectivity index (χ4v) is 2.51. The van der Waals surface area contributed by atoms with Crippen molar-refractivity contribution in [2.24, 2.45) is 0 Å². The van der Waals surface area contributed by atoms with Gasteiger partial charge in [-0.1, -0.05) is 0 Å². The van der Waals surface area contributed by atoms with E-state index in [9.17, 15) is 9.18 Å². The molecule has 0 saturated carbocycles. The lowest BCUT2D eigenvalue weighted by Gasteiger charge is -2.09. The third kappa shape index (κ3) is 2.67. The highest BCUT2D eigenvalue weighted by atomic mass is 79.9. The molecule has 0 spiro atoms. The predicted molar refractivity (Wildman–Crippen MR) is 82.9 cm³/mol. The number of imidazole rings is 1. The van der Waals surface area contributed by atoms with Crippen LogP contribution in [0, 0.1) is 12.7 Å². The lowest BCUT2D eigenvalue weighted by atomic mass is 10.1. The van der Waals surface area contributed by atoms with Gasteiger partial charge in [0.15, 0.2) is 0 Å². The Morgan fingerprint density at radius 1 is 1.33 bits per heavy atom. The second-order valence-electron chi connectivity index (χ2n) is 4.67. The smallest absolute Gasteiger partial charge is 0.255 e. The Morgan fingerprint density at radius 3 is 2.95 bits per heavy atom. The van der Waals surface area contributed by atoms with E-state index in [0.29, 0.717) is 15.7 Å². The molecule has 0 atom stereocenters. The summed E-state index contributed by atoms with van der Waals surface area (Å²) in [6, 6.07) is 8.08. The summed E-state index contributed by atoms with van der Waals surface area (Å²) in [4.78, 5) is 19.3. The molecule has 3 aromatic rings. The summed E-state index contributed by atoms with van der Waals surface area (Å²) in [5.74, 6) is -0.712. The number of H-pyrrole nitrogens is 1. The number of hydrogen-bond donors (Lipinski definition) is 2. The molecule has 4 nitrogen and oxygen atoms in total. The first kappa shape index (κ1) is 13.8. The van der Waals surface area contributed by atoms with Crippen LogP contribution in [0.25, 0.3) is 11.0 Å². The number of benzene rings is 2. The molecule has 0 aliphatic heterocycles. The number of anilines is 1. The number of hydrogen-bond acceptors (Lipinski definition) is 2. The molecule has 0 saturated heterocycles. The number of amides is 1.